The summed E-state index contributed by atoms with van der Waals surface area (Å²) < 4.78 is 7.95. The van der Waals surface area contributed by atoms with Crippen molar-refractivity contribution in [3.8, 4) is 5.75 Å². The van der Waals surface area contributed by atoms with E-state index in [4.69, 9.17) is 14.8 Å². The Labute approximate surface area is 160 Å². The van der Waals surface area contributed by atoms with Gasteiger partial charge in [0.05, 0.1) is 12.1 Å². The number of nitrogens with zero attached hydrogens (tertiary/aromatic N) is 4. The average molecular weight is 368 g/mol. The second-order valence-electron chi connectivity index (χ2n) is 7.59. The van der Waals surface area contributed by atoms with E-state index in [-0.39, 0.29) is 11.9 Å². The third kappa shape index (κ3) is 3.99. The van der Waals surface area contributed by atoms with E-state index in [1.165, 1.54) is 19.3 Å². The molecule has 1 saturated carbocycles. The predicted molar refractivity (Wildman–Crippen MR) is 102 cm³/mol. The number of carbonyl (C=O) groups is 1. The Morgan fingerprint density at radius 2 is 1.93 bits per heavy atom. The van der Waals surface area contributed by atoms with Crippen LogP contribution in [0.2, 0.25) is 0 Å². The van der Waals surface area contributed by atoms with Crippen LogP contribution in [0.15, 0.2) is 30.3 Å². The van der Waals surface area contributed by atoms with Gasteiger partial charge in [0.15, 0.2) is 5.82 Å². The minimum absolute atomic E-state index is 0.0418. The number of carbonyl (C=O) groups excluding carboxylic acids is 1. The maximum atomic E-state index is 12.2. The molecule has 1 aliphatic carbocycles. The standard InChI is InChI=1S/C21H28N4O2/c1-16(24-14-8-13-20(24)26)21-22-19(15-27-18-11-6-3-7-12-18)23-25(21)17-9-4-2-5-10-17/h3,6-7,11-12,16-17H,2,4-5,8-10,13-15H2,1H3/t16-/m1/s1. The van der Waals surface area contributed by atoms with Crippen LogP contribution in [-0.2, 0) is 11.4 Å². The zero-order chi connectivity index (χ0) is 18.6. The number of amides is 1. The van der Waals surface area contributed by atoms with Crippen LogP contribution < -0.4 is 4.74 Å². The van der Waals surface area contributed by atoms with Gasteiger partial charge in [0, 0.05) is 13.0 Å². The van der Waals surface area contributed by atoms with Gasteiger partial charge in [-0.25, -0.2) is 9.67 Å². The van der Waals surface area contributed by atoms with Crippen molar-refractivity contribution in [1.29, 1.82) is 0 Å². The zero-order valence-electron chi connectivity index (χ0n) is 16.0. The molecule has 1 amide bonds. The SMILES string of the molecule is C[C@H](c1nc(COc2ccccc2)nn1C1CCCCC1)N1CCCC1=O. The first-order chi connectivity index (χ1) is 13.2. The highest BCUT2D eigenvalue weighted by molar-refractivity contribution is 5.78. The van der Waals surface area contributed by atoms with E-state index in [0.29, 0.717) is 24.9 Å². The molecular weight excluding hydrogens is 340 g/mol. The van der Waals surface area contributed by atoms with E-state index in [2.05, 4.69) is 11.6 Å². The van der Waals surface area contributed by atoms with E-state index >= 15 is 0 Å². The maximum absolute atomic E-state index is 12.2. The first kappa shape index (κ1) is 18.0. The number of hydrogen-bond donors (Lipinski definition) is 0. The number of likely N-dealkylation sites (tertiary alicyclic amines) is 1. The summed E-state index contributed by atoms with van der Waals surface area (Å²) >= 11 is 0. The van der Waals surface area contributed by atoms with Crippen LogP contribution in [0.3, 0.4) is 0 Å². The van der Waals surface area contributed by atoms with Gasteiger partial charge in [0.1, 0.15) is 18.2 Å². The van der Waals surface area contributed by atoms with Gasteiger partial charge in [0.2, 0.25) is 5.91 Å². The summed E-state index contributed by atoms with van der Waals surface area (Å²) in [5.74, 6) is 2.64. The molecule has 2 heterocycles. The molecule has 144 valence electrons. The minimum atomic E-state index is -0.0418. The molecule has 0 radical (unpaired) electrons. The highest BCUT2D eigenvalue weighted by Crippen LogP contribution is 2.32. The normalized spacial score (nSPS) is 19.4. The second-order valence-corrected chi connectivity index (χ2v) is 7.59. The molecule has 27 heavy (non-hydrogen) atoms. The molecule has 1 atom stereocenters. The van der Waals surface area contributed by atoms with Crippen LogP contribution in [0.25, 0.3) is 0 Å². The van der Waals surface area contributed by atoms with Gasteiger partial charge in [0.25, 0.3) is 0 Å². The maximum Gasteiger partial charge on any atom is 0.223 e. The van der Waals surface area contributed by atoms with E-state index in [1.807, 2.05) is 35.2 Å². The number of para-hydroxylation sites is 1. The molecule has 2 aromatic rings. The molecule has 0 bridgehead atoms. The topological polar surface area (TPSA) is 60.3 Å². The van der Waals surface area contributed by atoms with Crippen molar-refractivity contribution in [3.05, 3.63) is 42.0 Å². The van der Waals surface area contributed by atoms with E-state index in [9.17, 15) is 4.79 Å². The predicted octanol–water partition coefficient (Wildman–Crippen LogP) is 4.05. The fourth-order valence-corrected chi connectivity index (χ4v) is 4.20. The molecule has 6 heteroatoms. The lowest BCUT2D eigenvalue weighted by molar-refractivity contribution is -0.129. The van der Waals surface area contributed by atoms with Gasteiger partial charge in [-0.15, -0.1) is 0 Å². The summed E-state index contributed by atoms with van der Waals surface area (Å²) in [6.45, 7) is 3.24. The Morgan fingerprint density at radius 1 is 1.15 bits per heavy atom. The van der Waals surface area contributed by atoms with Crippen LogP contribution in [0.5, 0.6) is 5.75 Å². The molecule has 1 aliphatic heterocycles. The molecule has 4 rings (SSSR count). The minimum Gasteiger partial charge on any atom is -0.486 e. The molecule has 2 aliphatic rings. The van der Waals surface area contributed by atoms with Gasteiger partial charge >= 0.3 is 0 Å². The number of hydrogen-bond acceptors (Lipinski definition) is 4. The van der Waals surface area contributed by atoms with E-state index in [1.54, 1.807) is 0 Å². The Balaban J connectivity index is 1.57. The molecule has 1 aromatic heterocycles. The highest BCUT2D eigenvalue weighted by atomic mass is 16.5. The lowest BCUT2D eigenvalue weighted by Gasteiger charge is -2.28. The van der Waals surface area contributed by atoms with Crippen molar-refractivity contribution < 1.29 is 9.53 Å². The van der Waals surface area contributed by atoms with Crippen LogP contribution >= 0.6 is 0 Å². The first-order valence-corrected chi connectivity index (χ1v) is 10.1. The Kier molecular flexibility index (Phi) is 5.41. The van der Waals surface area contributed by atoms with Crippen molar-refractivity contribution in [2.24, 2.45) is 0 Å². The summed E-state index contributed by atoms with van der Waals surface area (Å²) in [6, 6.07) is 10.1. The molecule has 0 N–H and O–H groups in total. The number of ether oxygens (including phenoxy) is 1. The third-order valence-corrected chi connectivity index (χ3v) is 5.68. The van der Waals surface area contributed by atoms with Crippen LogP contribution in [-0.4, -0.2) is 32.1 Å². The fourth-order valence-electron chi connectivity index (χ4n) is 4.20. The Hall–Kier alpha value is -2.37. The van der Waals surface area contributed by atoms with Gasteiger partial charge in [-0.05, 0) is 38.3 Å². The summed E-state index contributed by atoms with van der Waals surface area (Å²) in [5, 5.41) is 4.81. The fraction of sp³-hybridized carbons (Fsp3) is 0.571. The molecule has 1 aromatic carbocycles. The van der Waals surface area contributed by atoms with Crippen molar-refractivity contribution >= 4 is 5.91 Å². The number of rotatable bonds is 6. The lowest BCUT2D eigenvalue weighted by atomic mass is 9.95. The molecule has 6 nitrogen and oxygen atoms in total. The average Bonchev–Trinajstić information content (AvgIpc) is 3.34. The van der Waals surface area contributed by atoms with Crippen LogP contribution in [0.4, 0.5) is 0 Å². The number of benzene rings is 1. The quantitative estimate of drug-likeness (QED) is 0.772. The van der Waals surface area contributed by atoms with Gasteiger partial charge in [-0.1, -0.05) is 37.5 Å². The van der Waals surface area contributed by atoms with Crippen molar-refractivity contribution in [2.45, 2.75) is 70.6 Å². The van der Waals surface area contributed by atoms with Crippen molar-refractivity contribution in [1.82, 2.24) is 19.7 Å². The third-order valence-electron chi connectivity index (χ3n) is 5.68. The zero-order valence-corrected chi connectivity index (χ0v) is 16.0. The molecule has 0 spiro atoms. The van der Waals surface area contributed by atoms with Crippen LogP contribution in [0.1, 0.15) is 75.6 Å². The second kappa shape index (κ2) is 8.11. The molecule has 2 fully saturated rings. The summed E-state index contributed by atoms with van der Waals surface area (Å²) in [5.41, 5.74) is 0. The Bertz CT molecular complexity index is 768. The van der Waals surface area contributed by atoms with Crippen molar-refractivity contribution in [3.63, 3.8) is 0 Å². The smallest absolute Gasteiger partial charge is 0.223 e. The van der Waals surface area contributed by atoms with E-state index < -0.39 is 0 Å². The van der Waals surface area contributed by atoms with Gasteiger partial charge < -0.3 is 9.64 Å². The Morgan fingerprint density at radius 3 is 2.63 bits per heavy atom. The van der Waals surface area contributed by atoms with Crippen molar-refractivity contribution in [2.75, 3.05) is 6.54 Å². The molecule has 1 saturated heterocycles. The van der Waals surface area contributed by atoms with Gasteiger partial charge in [-0.2, -0.15) is 5.10 Å². The highest BCUT2D eigenvalue weighted by Gasteiger charge is 2.31. The monoisotopic (exact) mass is 368 g/mol. The van der Waals surface area contributed by atoms with E-state index in [0.717, 1.165) is 37.4 Å². The molecule has 0 unspecified atom stereocenters. The largest absolute Gasteiger partial charge is 0.486 e. The van der Waals surface area contributed by atoms with Gasteiger partial charge in [-0.3, -0.25) is 4.79 Å². The van der Waals surface area contributed by atoms with Crippen LogP contribution in [0, 0.1) is 0 Å². The lowest BCUT2D eigenvalue weighted by Crippen LogP contribution is -2.31. The summed E-state index contributed by atoms with van der Waals surface area (Å²) in [6.07, 6.45) is 7.61. The summed E-state index contributed by atoms with van der Waals surface area (Å²) in [4.78, 5) is 19.0. The first-order valence-electron chi connectivity index (χ1n) is 10.1. The molecular formula is C21H28N4O2. The number of aromatic nitrogens is 3. The summed E-state index contributed by atoms with van der Waals surface area (Å²) in [7, 11) is 0.